The Kier molecular flexibility index (Phi) is 7.52. The predicted octanol–water partition coefficient (Wildman–Crippen LogP) is 5.19. The molecule has 0 saturated carbocycles. The molecule has 10 heteroatoms. The Morgan fingerprint density at radius 3 is 2.65 bits per heavy atom. The number of nitrogens with zero attached hydrogens (tertiary/aromatic N) is 3. The highest BCUT2D eigenvalue weighted by Gasteiger charge is 2.43. The number of fused-ring (bicyclic) bond motifs is 1. The zero-order chi connectivity index (χ0) is 27.0. The number of alkyl carbamates (subject to hydrolysis) is 1. The van der Waals surface area contributed by atoms with E-state index in [4.69, 9.17) is 14.9 Å². The molecule has 1 saturated heterocycles. The number of amides is 1. The zero-order valence-electron chi connectivity index (χ0n) is 22.5. The van der Waals surface area contributed by atoms with Crippen molar-refractivity contribution >= 4 is 36.7 Å². The van der Waals surface area contributed by atoms with Crippen LogP contribution < -0.4 is 16.0 Å². The molecule has 0 unspecified atom stereocenters. The maximum atomic E-state index is 14.8. The number of nitrogens with one attached hydrogen (secondary N) is 1. The summed E-state index contributed by atoms with van der Waals surface area (Å²) in [5.41, 5.74) is 8.75. The van der Waals surface area contributed by atoms with Crippen molar-refractivity contribution in [3.05, 3.63) is 54.0 Å². The highest BCUT2D eigenvalue weighted by atomic mass is 28.4. The lowest BCUT2D eigenvalue weighted by atomic mass is 10.1. The highest BCUT2D eigenvalue weighted by molar-refractivity contribution is 6.74. The van der Waals surface area contributed by atoms with E-state index in [9.17, 15) is 9.18 Å². The fourth-order valence-corrected chi connectivity index (χ4v) is 6.00. The average Bonchev–Trinajstić information content (AvgIpc) is 3.39. The van der Waals surface area contributed by atoms with Crippen LogP contribution in [0, 0.1) is 5.82 Å². The third kappa shape index (κ3) is 5.75. The van der Waals surface area contributed by atoms with Crippen molar-refractivity contribution in [1.29, 1.82) is 0 Å². The normalized spacial score (nSPS) is 18.4. The molecule has 0 radical (unpaired) electrons. The number of nitrogens with two attached hydrogens (primary N) is 1. The van der Waals surface area contributed by atoms with Gasteiger partial charge in [0.2, 0.25) is 0 Å². The molecule has 1 amide bonds. The van der Waals surface area contributed by atoms with Crippen molar-refractivity contribution in [2.24, 2.45) is 7.05 Å². The Morgan fingerprint density at radius 2 is 1.97 bits per heavy atom. The smallest absolute Gasteiger partial charge is 0.407 e. The largest absolute Gasteiger partial charge is 0.445 e. The number of carbonyl (C=O) groups is 1. The molecule has 1 aliphatic rings. The molecule has 4 rings (SSSR count). The summed E-state index contributed by atoms with van der Waals surface area (Å²) in [6, 6.07) is 10.8. The van der Waals surface area contributed by atoms with Gasteiger partial charge in [0.05, 0.1) is 23.7 Å². The van der Waals surface area contributed by atoms with E-state index < -0.39 is 20.2 Å². The van der Waals surface area contributed by atoms with Crippen LogP contribution in [0.15, 0.2) is 42.6 Å². The van der Waals surface area contributed by atoms with E-state index in [-0.39, 0.29) is 23.8 Å². The minimum atomic E-state index is -2.04. The van der Waals surface area contributed by atoms with Gasteiger partial charge in [-0.1, -0.05) is 51.1 Å². The Bertz CT molecular complexity index is 1260. The molecule has 3 N–H and O–H groups in total. The maximum Gasteiger partial charge on any atom is 0.407 e. The maximum absolute atomic E-state index is 14.8. The van der Waals surface area contributed by atoms with Gasteiger partial charge in [-0.05, 0) is 30.1 Å². The first-order chi connectivity index (χ1) is 17.4. The number of nitrogen functional groups attached to an aromatic ring is 1. The zero-order valence-corrected chi connectivity index (χ0v) is 23.5. The molecule has 0 bridgehead atoms. The molecule has 3 aromatic rings. The molecular formula is C27H38FN5O3Si. The number of aromatic nitrogens is 2. The van der Waals surface area contributed by atoms with E-state index in [1.165, 1.54) is 10.7 Å². The van der Waals surface area contributed by atoms with Crippen LogP contribution in [-0.4, -0.2) is 49.4 Å². The third-order valence-electron chi connectivity index (χ3n) is 7.60. The van der Waals surface area contributed by atoms with E-state index in [0.717, 1.165) is 11.3 Å². The number of hydrogen-bond donors (Lipinski definition) is 2. The summed E-state index contributed by atoms with van der Waals surface area (Å²) in [7, 11) is -0.335. The second kappa shape index (κ2) is 10.3. The van der Waals surface area contributed by atoms with Crippen LogP contribution in [0.4, 0.5) is 20.6 Å². The number of carbonyl (C=O) groups excluding carboxylic acids is 1. The number of rotatable bonds is 7. The summed E-state index contributed by atoms with van der Waals surface area (Å²) in [6.07, 6.45) is 1.80. The van der Waals surface area contributed by atoms with Crippen LogP contribution in [0.2, 0.25) is 18.1 Å². The van der Waals surface area contributed by atoms with Gasteiger partial charge in [-0.3, -0.25) is 4.68 Å². The SMILES string of the molecule is Cn1ncc2c(N3C[C@@H](O[Si](C)(C)C(C)(C)C)C[C@H]3CNC(=O)OCc3ccccc3)c(N)cc(F)c21. The molecule has 2 atom stereocenters. The molecule has 8 nitrogen and oxygen atoms in total. The lowest BCUT2D eigenvalue weighted by Gasteiger charge is -2.38. The first kappa shape index (κ1) is 26.9. The summed E-state index contributed by atoms with van der Waals surface area (Å²) in [6.45, 7) is 12.2. The number of hydrogen-bond acceptors (Lipinski definition) is 6. The summed E-state index contributed by atoms with van der Waals surface area (Å²) in [4.78, 5) is 14.7. The van der Waals surface area contributed by atoms with Gasteiger partial charge in [0.1, 0.15) is 12.1 Å². The van der Waals surface area contributed by atoms with Crippen molar-refractivity contribution < 1.29 is 18.3 Å². The second-order valence-electron chi connectivity index (χ2n) is 11.3. The van der Waals surface area contributed by atoms with Crippen LogP contribution in [0.25, 0.3) is 10.9 Å². The molecule has 1 aliphatic heterocycles. The van der Waals surface area contributed by atoms with Crippen LogP contribution in [0.1, 0.15) is 32.8 Å². The molecule has 1 aromatic heterocycles. The van der Waals surface area contributed by atoms with Crippen molar-refractivity contribution in [3.8, 4) is 0 Å². The van der Waals surface area contributed by atoms with E-state index in [0.29, 0.717) is 36.1 Å². The van der Waals surface area contributed by atoms with E-state index in [1.807, 2.05) is 30.3 Å². The molecule has 2 heterocycles. The number of benzene rings is 2. The Hall–Kier alpha value is -3.11. The summed E-state index contributed by atoms with van der Waals surface area (Å²) < 4.78 is 28.4. The standard InChI is InChI=1S/C27H38FN5O3Si/c1-27(2,3)37(5,6)36-20-12-19(14-30-26(34)35-17-18-10-8-7-9-11-18)33(16-20)25-21-15-31-32(4)24(21)22(28)13-23(25)29/h7-11,13,15,19-20H,12,14,16-17,29H2,1-6H3,(H,30,34)/t19-,20-/m0/s1. The fourth-order valence-electron chi connectivity index (χ4n) is 4.64. The summed E-state index contributed by atoms with van der Waals surface area (Å²) in [5, 5.41) is 7.88. The van der Waals surface area contributed by atoms with Crippen molar-refractivity contribution in [2.45, 2.75) is 64.1 Å². The minimum Gasteiger partial charge on any atom is -0.445 e. The molecule has 1 fully saturated rings. The first-order valence-corrected chi connectivity index (χ1v) is 15.6. The van der Waals surface area contributed by atoms with E-state index >= 15 is 0 Å². The minimum absolute atomic E-state index is 0.0517. The monoisotopic (exact) mass is 527 g/mol. The first-order valence-electron chi connectivity index (χ1n) is 12.7. The lowest BCUT2D eigenvalue weighted by molar-refractivity contribution is 0.138. The van der Waals surface area contributed by atoms with Gasteiger partial charge >= 0.3 is 6.09 Å². The van der Waals surface area contributed by atoms with Crippen LogP contribution in [0.3, 0.4) is 0 Å². The number of aryl methyl sites for hydroxylation is 1. The van der Waals surface area contributed by atoms with Crippen LogP contribution >= 0.6 is 0 Å². The van der Waals surface area contributed by atoms with Crippen LogP contribution in [-0.2, 0) is 22.8 Å². The Labute approximate surface area is 219 Å². The average molecular weight is 528 g/mol. The second-order valence-corrected chi connectivity index (χ2v) is 16.1. The van der Waals surface area contributed by atoms with Gasteiger partial charge < -0.3 is 25.1 Å². The predicted molar refractivity (Wildman–Crippen MR) is 148 cm³/mol. The third-order valence-corrected chi connectivity index (χ3v) is 12.1. The topological polar surface area (TPSA) is 94.6 Å². The van der Waals surface area contributed by atoms with Crippen molar-refractivity contribution in [3.63, 3.8) is 0 Å². The molecule has 200 valence electrons. The highest BCUT2D eigenvalue weighted by Crippen LogP contribution is 2.42. The fraction of sp³-hybridized carbons (Fsp3) is 0.481. The number of halogens is 1. The molecular weight excluding hydrogens is 489 g/mol. The van der Waals surface area contributed by atoms with Crippen molar-refractivity contribution in [2.75, 3.05) is 23.7 Å². The molecule has 37 heavy (non-hydrogen) atoms. The quantitative estimate of drug-likeness (QED) is 0.324. The van der Waals surface area contributed by atoms with Gasteiger partial charge in [-0.25, -0.2) is 9.18 Å². The van der Waals surface area contributed by atoms with Crippen LogP contribution in [0.5, 0.6) is 0 Å². The summed E-state index contributed by atoms with van der Waals surface area (Å²) >= 11 is 0. The van der Waals surface area contributed by atoms with Crippen molar-refractivity contribution in [1.82, 2.24) is 15.1 Å². The molecule has 0 aliphatic carbocycles. The van der Waals surface area contributed by atoms with Gasteiger partial charge in [0.15, 0.2) is 14.1 Å². The van der Waals surface area contributed by atoms with Gasteiger partial charge in [-0.15, -0.1) is 0 Å². The molecule has 2 aromatic carbocycles. The van der Waals surface area contributed by atoms with E-state index in [2.05, 4.69) is 49.2 Å². The van der Waals surface area contributed by atoms with E-state index in [1.54, 1.807) is 13.2 Å². The lowest BCUT2D eigenvalue weighted by Crippen LogP contribution is -2.44. The number of anilines is 2. The summed E-state index contributed by atoms with van der Waals surface area (Å²) in [5.74, 6) is -0.413. The van der Waals surface area contributed by atoms with Gasteiger partial charge in [-0.2, -0.15) is 5.10 Å². The Balaban J connectivity index is 1.56. The van der Waals surface area contributed by atoms with Gasteiger partial charge in [0.25, 0.3) is 0 Å². The molecule has 0 spiro atoms. The van der Waals surface area contributed by atoms with Gasteiger partial charge in [0, 0.05) is 37.6 Å². The Morgan fingerprint density at radius 1 is 1.27 bits per heavy atom. The number of ether oxygens (including phenoxy) is 1.